The van der Waals surface area contributed by atoms with Crippen molar-refractivity contribution in [2.75, 3.05) is 31.4 Å². The molecule has 2 rings (SSSR count). The van der Waals surface area contributed by atoms with Gasteiger partial charge < -0.3 is 20.3 Å². The number of carbonyl (C=O) groups excluding carboxylic acids is 1. The Balaban J connectivity index is 2.10. The summed E-state index contributed by atoms with van der Waals surface area (Å²) in [6, 6.07) is 10.0. The van der Waals surface area contributed by atoms with Crippen molar-refractivity contribution in [2.45, 2.75) is 12.7 Å². The minimum atomic E-state index is -4.58. The van der Waals surface area contributed by atoms with Crippen LogP contribution in [0.2, 0.25) is 0 Å². The molecule has 0 fully saturated rings. The van der Waals surface area contributed by atoms with Crippen molar-refractivity contribution < 1.29 is 22.7 Å². The van der Waals surface area contributed by atoms with Crippen molar-refractivity contribution in [3.05, 3.63) is 53.6 Å². The average molecular weight is 367 g/mol. The fourth-order valence-corrected chi connectivity index (χ4v) is 2.29. The van der Waals surface area contributed by atoms with Gasteiger partial charge in [0.15, 0.2) is 0 Å². The first-order valence-corrected chi connectivity index (χ1v) is 7.77. The third kappa shape index (κ3) is 5.05. The Morgan fingerprint density at radius 2 is 1.88 bits per heavy atom. The second-order valence-electron chi connectivity index (χ2n) is 5.78. The van der Waals surface area contributed by atoms with Crippen molar-refractivity contribution in [3.8, 4) is 5.75 Å². The summed E-state index contributed by atoms with van der Waals surface area (Å²) in [5, 5.41) is 4.79. The number of benzene rings is 2. The monoisotopic (exact) mass is 367 g/mol. The molecule has 2 aromatic rings. The lowest BCUT2D eigenvalue weighted by atomic mass is 10.1. The summed E-state index contributed by atoms with van der Waals surface area (Å²) in [5.74, 6) is 0.628. The number of anilines is 2. The van der Waals surface area contributed by atoms with E-state index in [0.717, 1.165) is 11.6 Å². The normalized spacial score (nSPS) is 11.0. The van der Waals surface area contributed by atoms with Crippen LogP contribution >= 0.6 is 0 Å². The highest BCUT2D eigenvalue weighted by molar-refractivity contribution is 5.90. The van der Waals surface area contributed by atoms with Crippen LogP contribution in [-0.2, 0) is 12.7 Å². The van der Waals surface area contributed by atoms with Crippen molar-refractivity contribution in [1.29, 1.82) is 0 Å². The van der Waals surface area contributed by atoms with E-state index < -0.39 is 17.8 Å². The predicted molar refractivity (Wildman–Crippen MR) is 94.6 cm³/mol. The zero-order valence-electron chi connectivity index (χ0n) is 14.6. The molecule has 5 nitrogen and oxygen atoms in total. The lowest BCUT2D eigenvalue weighted by Gasteiger charge is -2.19. The van der Waals surface area contributed by atoms with E-state index in [4.69, 9.17) is 4.74 Å². The molecule has 140 valence electrons. The lowest BCUT2D eigenvalue weighted by Crippen LogP contribution is -2.29. The van der Waals surface area contributed by atoms with Crippen molar-refractivity contribution in [2.24, 2.45) is 0 Å². The Morgan fingerprint density at radius 3 is 2.50 bits per heavy atom. The van der Waals surface area contributed by atoms with Gasteiger partial charge >= 0.3 is 12.2 Å². The number of hydrogen-bond acceptors (Lipinski definition) is 3. The number of urea groups is 1. The number of halogens is 3. The lowest BCUT2D eigenvalue weighted by molar-refractivity contribution is -0.136. The summed E-state index contributed by atoms with van der Waals surface area (Å²) in [6.07, 6.45) is -4.58. The van der Waals surface area contributed by atoms with E-state index in [0.29, 0.717) is 11.4 Å². The first-order valence-electron chi connectivity index (χ1n) is 7.77. The smallest absolute Gasteiger partial charge is 0.418 e. The zero-order valence-corrected chi connectivity index (χ0v) is 14.6. The molecule has 0 spiro atoms. The topological polar surface area (TPSA) is 53.6 Å². The van der Waals surface area contributed by atoms with Crippen LogP contribution in [0.1, 0.15) is 11.1 Å². The first kappa shape index (κ1) is 19.4. The number of rotatable bonds is 5. The predicted octanol–water partition coefficient (Wildman–Crippen LogP) is 4.10. The summed E-state index contributed by atoms with van der Waals surface area (Å²) >= 11 is 0. The third-order valence-corrected chi connectivity index (χ3v) is 3.66. The number of carbonyl (C=O) groups is 1. The van der Waals surface area contributed by atoms with Crippen LogP contribution in [0.5, 0.6) is 5.75 Å². The average Bonchev–Trinajstić information content (AvgIpc) is 2.59. The fraction of sp³-hybridized carbons (Fsp3) is 0.278. The van der Waals surface area contributed by atoms with Crippen LogP contribution in [0.4, 0.5) is 29.3 Å². The molecular formula is C18H20F3N3O2. The SMILES string of the molecule is COc1cccc(CNC(=O)Nc2ccc(N(C)C)cc2C(F)(F)F)c1. The van der Waals surface area contributed by atoms with Gasteiger partial charge in [0.2, 0.25) is 0 Å². The second-order valence-corrected chi connectivity index (χ2v) is 5.78. The Bertz CT molecular complexity index is 777. The quantitative estimate of drug-likeness (QED) is 0.837. The van der Waals surface area contributed by atoms with Gasteiger partial charge in [0.1, 0.15) is 5.75 Å². The summed E-state index contributed by atoms with van der Waals surface area (Å²) < 4.78 is 44.9. The number of hydrogen-bond donors (Lipinski definition) is 2. The van der Waals surface area contributed by atoms with Crippen LogP contribution in [0.25, 0.3) is 0 Å². The van der Waals surface area contributed by atoms with E-state index in [1.54, 1.807) is 43.3 Å². The molecule has 0 atom stereocenters. The molecule has 0 saturated heterocycles. The van der Waals surface area contributed by atoms with Gasteiger partial charge in [-0.1, -0.05) is 12.1 Å². The van der Waals surface area contributed by atoms with E-state index in [1.165, 1.54) is 19.2 Å². The Labute approximate surface area is 149 Å². The highest BCUT2D eigenvalue weighted by Crippen LogP contribution is 2.37. The molecule has 8 heteroatoms. The Morgan fingerprint density at radius 1 is 1.15 bits per heavy atom. The Kier molecular flexibility index (Phi) is 5.97. The minimum absolute atomic E-state index is 0.153. The molecule has 0 aliphatic rings. The van der Waals surface area contributed by atoms with Crippen LogP contribution in [0.15, 0.2) is 42.5 Å². The molecule has 0 saturated carbocycles. The van der Waals surface area contributed by atoms with Gasteiger partial charge in [-0.05, 0) is 35.9 Å². The molecule has 26 heavy (non-hydrogen) atoms. The molecule has 0 aromatic heterocycles. The van der Waals surface area contributed by atoms with Crippen LogP contribution in [-0.4, -0.2) is 27.2 Å². The third-order valence-electron chi connectivity index (χ3n) is 3.66. The summed E-state index contributed by atoms with van der Waals surface area (Å²) in [7, 11) is 4.81. The fourth-order valence-electron chi connectivity index (χ4n) is 2.29. The maximum Gasteiger partial charge on any atom is 0.418 e. The zero-order chi connectivity index (χ0) is 19.3. The van der Waals surface area contributed by atoms with E-state index in [2.05, 4.69) is 10.6 Å². The van der Waals surface area contributed by atoms with Gasteiger partial charge in [-0.25, -0.2) is 4.79 Å². The van der Waals surface area contributed by atoms with Gasteiger partial charge in [-0.15, -0.1) is 0 Å². The summed E-state index contributed by atoms with van der Waals surface area (Å²) in [6.45, 7) is 0.153. The second kappa shape index (κ2) is 7.99. The molecule has 0 aliphatic heterocycles. The number of nitrogens with zero attached hydrogens (tertiary/aromatic N) is 1. The molecule has 2 aromatic carbocycles. The van der Waals surface area contributed by atoms with E-state index >= 15 is 0 Å². The van der Waals surface area contributed by atoms with Crippen LogP contribution in [0.3, 0.4) is 0 Å². The van der Waals surface area contributed by atoms with Crippen molar-refractivity contribution in [1.82, 2.24) is 5.32 Å². The van der Waals surface area contributed by atoms with E-state index in [1.807, 2.05) is 0 Å². The molecule has 0 heterocycles. The summed E-state index contributed by atoms with van der Waals surface area (Å²) in [5.41, 5.74) is -0.0513. The molecule has 0 radical (unpaired) electrons. The largest absolute Gasteiger partial charge is 0.497 e. The van der Waals surface area contributed by atoms with E-state index in [9.17, 15) is 18.0 Å². The number of ether oxygens (including phenoxy) is 1. The molecule has 0 bridgehead atoms. The van der Waals surface area contributed by atoms with Gasteiger partial charge in [-0.3, -0.25) is 0 Å². The van der Waals surface area contributed by atoms with Crippen molar-refractivity contribution in [3.63, 3.8) is 0 Å². The summed E-state index contributed by atoms with van der Waals surface area (Å²) in [4.78, 5) is 13.6. The standard InChI is InChI=1S/C18H20F3N3O2/c1-24(2)13-7-8-16(15(10-13)18(19,20)21)23-17(25)22-11-12-5-4-6-14(9-12)26-3/h4-10H,11H2,1-3H3,(H2,22,23,25). The maximum atomic E-state index is 13.3. The van der Waals surface area contributed by atoms with Crippen LogP contribution in [0, 0.1) is 0 Å². The molecule has 2 amide bonds. The molecule has 2 N–H and O–H groups in total. The van der Waals surface area contributed by atoms with Gasteiger partial charge in [-0.2, -0.15) is 13.2 Å². The highest BCUT2D eigenvalue weighted by Gasteiger charge is 2.34. The van der Waals surface area contributed by atoms with Gasteiger partial charge in [0.25, 0.3) is 0 Å². The van der Waals surface area contributed by atoms with Crippen molar-refractivity contribution >= 4 is 17.4 Å². The van der Waals surface area contributed by atoms with Crippen LogP contribution < -0.4 is 20.3 Å². The number of amides is 2. The molecular weight excluding hydrogens is 347 g/mol. The first-order chi connectivity index (χ1) is 12.2. The minimum Gasteiger partial charge on any atom is -0.497 e. The maximum absolute atomic E-state index is 13.3. The number of methoxy groups -OCH3 is 1. The number of nitrogens with one attached hydrogen (secondary N) is 2. The highest BCUT2D eigenvalue weighted by atomic mass is 19.4. The Hall–Kier alpha value is -2.90. The van der Waals surface area contributed by atoms with E-state index in [-0.39, 0.29) is 12.2 Å². The molecule has 0 unspecified atom stereocenters. The molecule has 0 aliphatic carbocycles. The van der Waals surface area contributed by atoms with Gasteiger partial charge in [0, 0.05) is 26.3 Å². The number of alkyl halides is 3. The van der Waals surface area contributed by atoms with Gasteiger partial charge in [0.05, 0.1) is 18.4 Å².